The van der Waals surface area contributed by atoms with E-state index in [1.807, 2.05) is 0 Å². The summed E-state index contributed by atoms with van der Waals surface area (Å²) in [5, 5.41) is 3.81. The number of allylic oxidation sites excluding steroid dienone is 1. The number of hydrogen-bond donors (Lipinski definition) is 1. The lowest BCUT2D eigenvalue weighted by Gasteiger charge is -2.29. The molecule has 2 aliphatic carbocycles. The molecule has 92 valence electrons. The van der Waals surface area contributed by atoms with Gasteiger partial charge in [-0.3, -0.25) is 0 Å². The predicted octanol–water partition coefficient (Wildman–Crippen LogP) is 4.05. The van der Waals surface area contributed by atoms with Crippen molar-refractivity contribution in [2.75, 3.05) is 6.54 Å². The van der Waals surface area contributed by atoms with Crippen LogP contribution in [0, 0.1) is 5.92 Å². The van der Waals surface area contributed by atoms with E-state index in [2.05, 4.69) is 18.3 Å². The van der Waals surface area contributed by atoms with Gasteiger partial charge in [0.2, 0.25) is 0 Å². The molecule has 1 nitrogen and oxygen atoms in total. The second-order valence-corrected chi connectivity index (χ2v) is 5.50. The number of rotatable bonds is 5. The van der Waals surface area contributed by atoms with Gasteiger partial charge in [-0.1, -0.05) is 31.4 Å². The van der Waals surface area contributed by atoms with Crippen LogP contribution >= 0.6 is 0 Å². The zero-order valence-corrected chi connectivity index (χ0v) is 10.8. The van der Waals surface area contributed by atoms with E-state index in [1.165, 1.54) is 64.3 Å². The molecule has 0 radical (unpaired) electrons. The highest BCUT2D eigenvalue weighted by Gasteiger charge is 2.27. The molecule has 1 saturated carbocycles. The average Bonchev–Trinajstić information content (AvgIpc) is 2.85. The van der Waals surface area contributed by atoms with E-state index in [-0.39, 0.29) is 0 Å². The third-order valence-electron chi connectivity index (χ3n) is 4.21. The highest BCUT2D eigenvalue weighted by atomic mass is 14.9. The van der Waals surface area contributed by atoms with Crippen LogP contribution in [0.4, 0.5) is 0 Å². The molecule has 0 saturated heterocycles. The first-order valence-electron chi connectivity index (χ1n) is 7.34. The highest BCUT2D eigenvalue weighted by Crippen LogP contribution is 2.33. The van der Waals surface area contributed by atoms with Gasteiger partial charge in [-0.2, -0.15) is 0 Å². The molecule has 2 aliphatic rings. The smallest absolute Gasteiger partial charge is 0.0307 e. The summed E-state index contributed by atoms with van der Waals surface area (Å²) >= 11 is 0. The van der Waals surface area contributed by atoms with Crippen molar-refractivity contribution in [2.45, 2.75) is 70.8 Å². The molecule has 0 amide bonds. The molecule has 0 bridgehead atoms. The Labute approximate surface area is 101 Å². The van der Waals surface area contributed by atoms with Gasteiger partial charge in [-0.15, -0.1) is 0 Å². The maximum absolute atomic E-state index is 3.81. The van der Waals surface area contributed by atoms with E-state index in [9.17, 15) is 0 Å². The predicted molar refractivity (Wildman–Crippen MR) is 70.6 cm³/mol. The third kappa shape index (κ3) is 3.10. The van der Waals surface area contributed by atoms with Crippen LogP contribution in [0.15, 0.2) is 11.6 Å². The summed E-state index contributed by atoms with van der Waals surface area (Å²) in [6.07, 6.45) is 15.1. The van der Waals surface area contributed by atoms with Gasteiger partial charge in [0.05, 0.1) is 0 Å². The first kappa shape index (κ1) is 12.2. The van der Waals surface area contributed by atoms with Crippen LogP contribution in [-0.2, 0) is 0 Å². The maximum atomic E-state index is 3.81. The van der Waals surface area contributed by atoms with E-state index in [0.717, 1.165) is 12.0 Å². The minimum Gasteiger partial charge on any atom is -0.310 e. The summed E-state index contributed by atoms with van der Waals surface area (Å²) in [5.41, 5.74) is 1.74. The first-order valence-corrected chi connectivity index (χ1v) is 7.34. The Morgan fingerprint density at radius 1 is 1.25 bits per heavy atom. The number of hydrogen-bond acceptors (Lipinski definition) is 1. The molecule has 1 heteroatoms. The fourth-order valence-corrected chi connectivity index (χ4v) is 3.34. The molecule has 16 heavy (non-hydrogen) atoms. The Kier molecular flexibility index (Phi) is 4.90. The summed E-state index contributed by atoms with van der Waals surface area (Å²) in [6, 6.07) is 0.725. The molecule has 1 atom stereocenters. The Balaban J connectivity index is 1.97. The first-order chi connectivity index (χ1) is 7.92. The molecular formula is C15H27N. The molecule has 0 aromatic carbocycles. The van der Waals surface area contributed by atoms with Gasteiger partial charge in [-0.25, -0.2) is 0 Å². The van der Waals surface area contributed by atoms with Crippen molar-refractivity contribution in [2.24, 2.45) is 5.92 Å². The monoisotopic (exact) mass is 221 g/mol. The topological polar surface area (TPSA) is 12.0 Å². The van der Waals surface area contributed by atoms with Gasteiger partial charge in [0.25, 0.3) is 0 Å². The Morgan fingerprint density at radius 3 is 2.69 bits per heavy atom. The zero-order chi connectivity index (χ0) is 11.2. The van der Waals surface area contributed by atoms with Crippen LogP contribution in [-0.4, -0.2) is 12.6 Å². The Bertz CT molecular complexity index is 226. The normalized spacial score (nSPS) is 24.4. The molecule has 2 rings (SSSR count). The van der Waals surface area contributed by atoms with E-state index < -0.39 is 0 Å². The molecule has 0 spiro atoms. The van der Waals surface area contributed by atoms with Crippen molar-refractivity contribution in [1.29, 1.82) is 0 Å². The standard InChI is InChI=1S/C15H27N/c1-2-12-16-15(14-10-6-7-11-14)13-8-4-3-5-9-13/h8,14-16H,2-7,9-12H2,1H3. The molecule has 0 heterocycles. The van der Waals surface area contributed by atoms with Crippen LogP contribution < -0.4 is 5.32 Å². The molecule has 1 unspecified atom stereocenters. The van der Waals surface area contributed by atoms with Crippen molar-refractivity contribution >= 4 is 0 Å². The lowest BCUT2D eigenvalue weighted by atomic mass is 9.85. The van der Waals surface area contributed by atoms with Gasteiger partial charge >= 0.3 is 0 Å². The van der Waals surface area contributed by atoms with Crippen molar-refractivity contribution in [3.05, 3.63) is 11.6 Å². The molecular weight excluding hydrogens is 194 g/mol. The quantitative estimate of drug-likeness (QED) is 0.691. The second-order valence-electron chi connectivity index (χ2n) is 5.50. The van der Waals surface area contributed by atoms with Crippen LogP contribution in [0.2, 0.25) is 0 Å². The van der Waals surface area contributed by atoms with Crippen LogP contribution in [0.25, 0.3) is 0 Å². The zero-order valence-electron chi connectivity index (χ0n) is 10.8. The third-order valence-corrected chi connectivity index (χ3v) is 4.21. The maximum Gasteiger partial charge on any atom is 0.0307 e. The fourth-order valence-electron chi connectivity index (χ4n) is 3.34. The van der Waals surface area contributed by atoms with Crippen LogP contribution in [0.5, 0.6) is 0 Å². The van der Waals surface area contributed by atoms with Gasteiger partial charge < -0.3 is 5.32 Å². The van der Waals surface area contributed by atoms with Gasteiger partial charge in [0.15, 0.2) is 0 Å². The average molecular weight is 221 g/mol. The minimum atomic E-state index is 0.725. The summed E-state index contributed by atoms with van der Waals surface area (Å²) in [6.45, 7) is 3.46. The Morgan fingerprint density at radius 2 is 2.06 bits per heavy atom. The lowest BCUT2D eigenvalue weighted by molar-refractivity contribution is 0.385. The van der Waals surface area contributed by atoms with Crippen LogP contribution in [0.1, 0.15) is 64.7 Å². The van der Waals surface area contributed by atoms with Gasteiger partial charge in [0.1, 0.15) is 0 Å². The molecule has 1 N–H and O–H groups in total. The summed E-state index contributed by atoms with van der Waals surface area (Å²) in [7, 11) is 0. The van der Waals surface area contributed by atoms with Crippen LogP contribution in [0.3, 0.4) is 0 Å². The summed E-state index contributed by atoms with van der Waals surface area (Å²) in [5.74, 6) is 0.941. The molecule has 0 aromatic heterocycles. The SMILES string of the molecule is CCCNC(C1=CCCCC1)C1CCCC1. The minimum absolute atomic E-state index is 0.725. The van der Waals surface area contributed by atoms with Crippen molar-refractivity contribution < 1.29 is 0 Å². The Hall–Kier alpha value is -0.300. The fraction of sp³-hybridized carbons (Fsp3) is 0.867. The van der Waals surface area contributed by atoms with Crippen molar-refractivity contribution in [3.63, 3.8) is 0 Å². The second kappa shape index (κ2) is 6.44. The van der Waals surface area contributed by atoms with E-state index in [0.29, 0.717) is 0 Å². The molecule has 0 aromatic rings. The summed E-state index contributed by atoms with van der Waals surface area (Å²) in [4.78, 5) is 0. The molecule has 1 fully saturated rings. The van der Waals surface area contributed by atoms with E-state index in [4.69, 9.17) is 0 Å². The highest BCUT2D eigenvalue weighted by molar-refractivity contribution is 5.15. The summed E-state index contributed by atoms with van der Waals surface area (Å²) < 4.78 is 0. The number of nitrogens with one attached hydrogen (secondary N) is 1. The van der Waals surface area contributed by atoms with E-state index >= 15 is 0 Å². The van der Waals surface area contributed by atoms with Crippen molar-refractivity contribution in [3.8, 4) is 0 Å². The van der Waals surface area contributed by atoms with E-state index in [1.54, 1.807) is 5.57 Å². The van der Waals surface area contributed by atoms with Gasteiger partial charge in [0, 0.05) is 6.04 Å². The largest absolute Gasteiger partial charge is 0.310 e. The van der Waals surface area contributed by atoms with Gasteiger partial charge in [-0.05, 0) is 57.4 Å². The molecule has 0 aliphatic heterocycles. The van der Waals surface area contributed by atoms with Crippen molar-refractivity contribution in [1.82, 2.24) is 5.32 Å². The lowest BCUT2D eigenvalue weighted by Crippen LogP contribution is -2.37.